The van der Waals surface area contributed by atoms with E-state index in [0.717, 1.165) is 77.1 Å². The molecule has 2 aliphatic carbocycles. The quantitative estimate of drug-likeness (QED) is 0.0345. The van der Waals surface area contributed by atoms with Crippen LogP contribution in [0.5, 0.6) is 11.5 Å². The number of hydroxylamine groups is 2. The van der Waals surface area contributed by atoms with Crippen LogP contribution in [0.1, 0.15) is 93.4 Å². The summed E-state index contributed by atoms with van der Waals surface area (Å²) < 4.78 is 35.6. The molecule has 3 saturated heterocycles. The standard InChI is InChI=1S/C35H40N4O9.C33H40N4O8/c1-5-18-16-37-12-11-21-30-24(7-6-8-26(30)46-3)38(31(21)25(37)14-22(18)23(17-45-2)34(43)47-4)35(44)36-15-27(40)48-39-32(41)28-19-9-10-20(13-19)29(28)33(39)42;1-5-20-18-35-15-13-22-30-25(9-6-10-27(30)44-3)37(31(22)26(35)16-23(20)24(19-43-2)32(41)45-4)33(42)34-17-21(38)8-7-14-36-28(39)11-12-29(36)40/h6-10,17-20,22,25,28-29H,5,11-16H2,1-4H3,(H,36,44);6,9-12,19-20,23,26H,5,7-8,13-18H2,1-4H3,(H,34,42)/b23-17+;24-19+/t18-,19-,20+,22+,25+,28-,29+;20-,23+,26+/m11/s1. The van der Waals surface area contributed by atoms with E-state index in [1.165, 1.54) is 53.1 Å². The number of benzene rings is 2. The van der Waals surface area contributed by atoms with E-state index in [1.807, 2.05) is 42.5 Å². The van der Waals surface area contributed by atoms with Crippen molar-refractivity contribution >= 4 is 81.2 Å². The van der Waals surface area contributed by atoms with Crippen LogP contribution in [0.4, 0.5) is 9.59 Å². The van der Waals surface area contributed by atoms with Gasteiger partial charge in [0, 0.05) is 73.5 Å². The van der Waals surface area contributed by atoms with Crippen molar-refractivity contribution in [3.05, 3.63) is 107 Å². The molecule has 4 fully saturated rings. The maximum atomic E-state index is 14.1. The number of fused-ring (bicyclic) bond motifs is 15. The van der Waals surface area contributed by atoms with Gasteiger partial charge in [-0.25, -0.2) is 24.0 Å². The minimum Gasteiger partial charge on any atom is -0.504 e. The molecule has 0 unspecified atom stereocenters. The average molecular weight is 1280 g/mol. The first-order valence-electron chi connectivity index (χ1n) is 31.8. The first kappa shape index (κ1) is 65.4. The molecule has 2 bridgehead atoms. The number of aromatic nitrogens is 2. The van der Waals surface area contributed by atoms with Crippen LogP contribution >= 0.6 is 0 Å². The van der Waals surface area contributed by atoms with Crippen molar-refractivity contribution in [3.63, 3.8) is 0 Å². The highest BCUT2D eigenvalue weighted by Gasteiger charge is 2.61. The van der Waals surface area contributed by atoms with Crippen molar-refractivity contribution in [1.29, 1.82) is 0 Å². The Hall–Kier alpha value is -9.10. The van der Waals surface area contributed by atoms with E-state index < -0.39 is 60.2 Å². The van der Waals surface area contributed by atoms with Crippen molar-refractivity contribution < 1.29 is 81.2 Å². The molecule has 93 heavy (non-hydrogen) atoms. The Kier molecular flexibility index (Phi) is 19.4. The largest absolute Gasteiger partial charge is 0.504 e. The highest BCUT2D eigenvalue weighted by Crippen LogP contribution is 2.54. The molecule has 0 spiro atoms. The molecule has 6 amide bonds. The van der Waals surface area contributed by atoms with Gasteiger partial charge in [-0.15, -0.1) is 5.06 Å². The van der Waals surface area contributed by atoms with E-state index >= 15 is 0 Å². The SMILES string of the molecule is CC[C@@H]1CN2CCc3c(n(C(=O)NCC(=O)CCCN4C(=O)C=CC4=O)c4cccc(OC)c34)[C@@H]2C[C@@H]1/C(=C\OC)C(=O)OC.CC[C@@H]1CN2CCc3c(n(C(=O)NCC(=O)ON4C(=O)[C@@H]5[C@H](C4=O)[C@@H]4C=C[C@H]5C4)c4cccc(OC)c34)[C@@H]2C[C@@H]1/C(=C\OC)C(=O)OC. The molecule has 25 nitrogen and oxygen atoms in total. The number of esters is 2. The molecule has 494 valence electrons. The molecule has 1 saturated carbocycles. The van der Waals surface area contributed by atoms with Gasteiger partial charge in [0.1, 0.15) is 18.0 Å². The van der Waals surface area contributed by atoms with Crippen molar-refractivity contribution in [1.82, 2.24) is 39.5 Å². The number of amides is 6. The summed E-state index contributed by atoms with van der Waals surface area (Å²) in [6, 6.07) is 9.64. The second-order valence-electron chi connectivity index (χ2n) is 24.8. The van der Waals surface area contributed by atoms with Gasteiger partial charge in [-0.2, -0.15) is 0 Å². The number of nitrogens with zero attached hydrogens (tertiary/aromatic N) is 6. The third-order valence-corrected chi connectivity index (χ3v) is 20.2. The monoisotopic (exact) mass is 1280 g/mol. The predicted molar refractivity (Wildman–Crippen MR) is 334 cm³/mol. The smallest absolute Gasteiger partial charge is 0.352 e. The van der Waals surface area contributed by atoms with Crippen LogP contribution < -0.4 is 20.1 Å². The Balaban J connectivity index is 0.000000191. The van der Waals surface area contributed by atoms with Gasteiger partial charge in [-0.3, -0.25) is 47.8 Å². The van der Waals surface area contributed by atoms with E-state index in [9.17, 15) is 47.9 Å². The number of imide groups is 2. The van der Waals surface area contributed by atoms with Crippen LogP contribution in [0.25, 0.3) is 21.8 Å². The molecule has 6 aliphatic heterocycles. The van der Waals surface area contributed by atoms with Gasteiger partial charge in [0.05, 0.1) is 108 Å². The van der Waals surface area contributed by atoms with Crippen LogP contribution in [0.3, 0.4) is 0 Å². The summed E-state index contributed by atoms with van der Waals surface area (Å²) in [7, 11) is 8.91. The minimum absolute atomic E-state index is 0.0229. The number of hydrogen-bond donors (Lipinski definition) is 2. The number of allylic oxidation sites excluding steroid dienone is 2. The van der Waals surface area contributed by atoms with Crippen LogP contribution in [0.2, 0.25) is 0 Å². The molecule has 4 aromatic rings. The number of carbonyl (C=O) groups is 10. The molecule has 0 radical (unpaired) electrons. The van der Waals surface area contributed by atoms with Crippen LogP contribution in [-0.2, 0) is 75.0 Å². The number of ketones is 1. The summed E-state index contributed by atoms with van der Waals surface area (Å²) in [4.78, 5) is 140. The van der Waals surface area contributed by atoms with Crippen LogP contribution in [0, 0.1) is 47.3 Å². The van der Waals surface area contributed by atoms with E-state index in [4.69, 9.17) is 33.3 Å². The van der Waals surface area contributed by atoms with Crippen molar-refractivity contribution in [3.8, 4) is 11.5 Å². The predicted octanol–water partition coefficient (Wildman–Crippen LogP) is 6.25. The zero-order chi connectivity index (χ0) is 66.1. The number of methoxy groups -OCH3 is 6. The van der Waals surface area contributed by atoms with Gasteiger partial charge in [-0.05, 0) is 109 Å². The summed E-state index contributed by atoms with van der Waals surface area (Å²) >= 11 is 0. The van der Waals surface area contributed by atoms with Gasteiger partial charge in [0.15, 0.2) is 5.78 Å². The van der Waals surface area contributed by atoms with Crippen molar-refractivity contribution in [2.24, 2.45) is 47.3 Å². The lowest BCUT2D eigenvalue weighted by atomic mass is 9.74. The number of carbonyl (C=O) groups excluding carboxylic acids is 10. The van der Waals surface area contributed by atoms with Crippen molar-refractivity contribution in [2.75, 3.05) is 88.5 Å². The van der Waals surface area contributed by atoms with Gasteiger partial charge < -0.3 is 43.9 Å². The third-order valence-electron chi connectivity index (χ3n) is 20.2. The molecule has 2 aromatic heterocycles. The Labute approximate surface area is 537 Å². The Morgan fingerprint density at radius 1 is 0.602 bits per heavy atom. The molecule has 8 heterocycles. The molecular weight excluding hydrogens is 1200 g/mol. The Morgan fingerprint density at radius 3 is 1.49 bits per heavy atom. The zero-order valence-corrected chi connectivity index (χ0v) is 53.6. The van der Waals surface area contributed by atoms with Crippen LogP contribution in [0.15, 0.2) is 84.4 Å². The Bertz CT molecular complexity index is 3770. The van der Waals surface area contributed by atoms with E-state index in [1.54, 1.807) is 29.4 Å². The van der Waals surface area contributed by atoms with E-state index in [2.05, 4.69) is 34.3 Å². The topological polar surface area (TPSA) is 282 Å². The lowest BCUT2D eigenvalue weighted by molar-refractivity contribution is -0.198. The molecule has 25 heteroatoms. The number of piperidine rings is 2. The molecular formula is C68H80N8O17. The minimum atomic E-state index is -0.925. The fourth-order valence-corrected chi connectivity index (χ4v) is 16.0. The van der Waals surface area contributed by atoms with E-state index in [-0.39, 0.29) is 84.7 Å². The summed E-state index contributed by atoms with van der Waals surface area (Å²) in [5, 5.41) is 7.73. The highest BCUT2D eigenvalue weighted by molar-refractivity contribution is 6.13. The summed E-state index contributed by atoms with van der Waals surface area (Å²) in [5.41, 5.74) is 5.78. The number of Topliss-reactive ketones (excluding diaryl/α,β-unsaturated/α-hetero) is 1. The summed E-state index contributed by atoms with van der Waals surface area (Å²) in [6.07, 6.45) is 14.6. The van der Waals surface area contributed by atoms with Gasteiger partial charge in [0.25, 0.3) is 23.6 Å². The van der Waals surface area contributed by atoms with Crippen molar-refractivity contribution in [2.45, 2.75) is 83.7 Å². The number of hydrogen-bond acceptors (Lipinski definition) is 19. The normalized spacial score (nSPS) is 25.4. The zero-order valence-electron chi connectivity index (χ0n) is 53.6. The highest BCUT2D eigenvalue weighted by atomic mass is 16.7. The number of ether oxygens (including phenoxy) is 6. The second-order valence-corrected chi connectivity index (χ2v) is 24.8. The average Bonchev–Trinajstić information content (AvgIpc) is 1.61. The van der Waals surface area contributed by atoms with Gasteiger partial charge in [-0.1, -0.05) is 51.0 Å². The fourth-order valence-electron chi connectivity index (χ4n) is 16.0. The maximum Gasteiger partial charge on any atom is 0.352 e. The first-order chi connectivity index (χ1) is 44.9. The molecule has 8 aliphatic rings. The summed E-state index contributed by atoms with van der Waals surface area (Å²) in [5.74, 6) is -3.60. The number of nitrogens with one attached hydrogen (secondary N) is 2. The molecule has 2 aromatic carbocycles. The third kappa shape index (κ3) is 12.0. The van der Waals surface area contributed by atoms with Gasteiger partial charge in [0.2, 0.25) is 0 Å². The van der Waals surface area contributed by atoms with Crippen LogP contribution in [-0.4, -0.2) is 177 Å². The molecule has 10 atom stereocenters. The number of rotatable bonds is 19. The Morgan fingerprint density at radius 2 is 1.06 bits per heavy atom. The molecule has 2 N–H and O–H groups in total. The first-order valence-corrected chi connectivity index (χ1v) is 31.8. The summed E-state index contributed by atoms with van der Waals surface area (Å²) in [6.45, 7) is 6.57. The van der Waals surface area contributed by atoms with Gasteiger partial charge >= 0.3 is 30.0 Å². The second kappa shape index (κ2) is 27.6. The lowest BCUT2D eigenvalue weighted by Crippen LogP contribution is -2.48. The fraction of sp³-hybridized carbons (Fsp3) is 0.500. The maximum absolute atomic E-state index is 14.1. The molecule has 12 rings (SSSR count). The lowest BCUT2D eigenvalue weighted by Gasteiger charge is -2.47. The van der Waals surface area contributed by atoms with E-state index in [0.29, 0.717) is 77.4 Å².